The summed E-state index contributed by atoms with van der Waals surface area (Å²) in [7, 11) is 0. The van der Waals surface area contributed by atoms with Crippen LogP contribution in [0, 0.1) is 10.5 Å². The van der Waals surface area contributed by atoms with Crippen LogP contribution in [0.15, 0.2) is 46.9 Å². The maximum Gasteiger partial charge on any atom is 0.133 e. The van der Waals surface area contributed by atoms with Gasteiger partial charge >= 0.3 is 0 Å². The molecule has 21 heavy (non-hydrogen) atoms. The van der Waals surface area contributed by atoms with Gasteiger partial charge in [0.2, 0.25) is 0 Å². The molecule has 1 atom stereocenters. The second kappa shape index (κ2) is 8.00. The number of aliphatic hydroxyl groups is 1. The van der Waals surface area contributed by atoms with Crippen LogP contribution in [0.4, 0.5) is 5.69 Å². The summed E-state index contributed by atoms with van der Waals surface area (Å²) in [4.78, 5) is 0. The van der Waals surface area contributed by atoms with E-state index in [1.54, 1.807) is 0 Å². The molecule has 0 amide bonds. The quantitative estimate of drug-likeness (QED) is 0.633. The van der Waals surface area contributed by atoms with E-state index in [9.17, 15) is 5.11 Å². The third kappa shape index (κ3) is 5.48. The van der Waals surface area contributed by atoms with E-state index in [1.807, 2.05) is 49.4 Å². The molecular weight excluding hydrogens is 445 g/mol. The lowest BCUT2D eigenvalue weighted by Gasteiger charge is -2.15. The Kier molecular flexibility index (Phi) is 6.32. The van der Waals surface area contributed by atoms with Crippen LogP contribution in [0.5, 0.6) is 5.75 Å². The van der Waals surface area contributed by atoms with E-state index in [1.165, 1.54) is 3.57 Å². The molecule has 2 N–H and O–H groups in total. The van der Waals surface area contributed by atoms with Crippen LogP contribution in [0.1, 0.15) is 5.56 Å². The molecule has 5 heteroatoms. The predicted octanol–water partition coefficient (Wildman–Crippen LogP) is 4.21. The highest BCUT2D eigenvalue weighted by atomic mass is 127. The molecule has 2 aromatic carbocycles. The standard InChI is InChI=1S/C16H17BrINO2/c1-11-2-7-16(15(17)8-11)21-10-14(20)9-19-13-5-3-12(18)4-6-13/h2-8,14,19-20H,9-10H2,1H3. The van der Waals surface area contributed by atoms with Crippen molar-refractivity contribution in [3.05, 3.63) is 56.1 Å². The highest BCUT2D eigenvalue weighted by Crippen LogP contribution is 2.25. The smallest absolute Gasteiger partial charge is 0.133 e. The predicted molar refractivity (Wildman–Crippen MR) is 98.0 cm³/mol. The molecule has 112 valence electrons. The lowest BCUT2D eigenvalue weighted by atomic mass is 10.2. The topological polar surface area (TPSA) is 41.5 Å². The number of benzene rings is 2. The first-order valence-corrected chi connectivity index (χ1v) is 8.48. The van der Waals surface area contributed by atoms with Crippen LogP contribution in [-0.4, -0.2) is 24.4 Å². The Morgan fingerprint density at radius 2 is 1.95 bits per heavy atom. The fraction of sp³-hybridized carbons (Fsp3) is 0.250. The summed E-state index contributed by atoms with van der Waals surface area (Å²) in [5.41, 5.74) is 2.15. The number of rotatable bonds is 6. The van der Waals surface area contributed by atoms with E-state index in [0.29, 0.717) is 6.54 Å². The highest BCUT2D eigenvalue weighted by Gasteiger charge is 2.07. The number of ether oxygens (including phenoxy) is 1. The molecule has 0 fully saturated rings. The van der Waals surface area contributed by atoms with E-state index >= 15 is 0 Å². The molecule has 0 saturated heterocycles. The second-order valence-corrected chi connectivity index (χ2v) is 6.89. The van der Waals surface area contributed by atoms with Gasteiger partial charge in [-0.25, -0.2) is 0 Å². The summed E-state index contributed by atoms with van der Waals surface area (Å²) in [6.07, 6.45) is -0.572. The van der Waals surface area contributed by atoms with Crippen LogP contribution >= 0.6 is 38.5 Å². The lowest BCUT2D eigenvalue weighted by molar-refractivity contribution is 0.117. The maximum absolute atomic E-state index is 9.97. The average Bonchev–Trinajstić information content (AvgIpc) is 2.46. The van der Waals surface area contributed by atoms with Crippen LogP contribution in [0.3, 0.4) is 0 Å². The summed E-state index contributed by atoms with van der Waals surface area (Å²) in [6, 6.07) is 13.9. The molecule has 0 radical (unpaired) electrons. The first-order chi connectivity index (χ1) is 10.0. The summed E-state index contributed by atoms with van der Waals surface area (Å²) in [6.45, 7) is 2.72. The first-order valence-electron chi connectivity index (χ1n) is 6.61. The molecule has 0 aliphatic carbocycles. The Hall–Kier alpha value is -0.790. The van der Waals surface area contributed by atoms with Crippen molar-refractivity contribution in [2.75, 3.05) is 18.5 Å². The molecule has 2 aromatic rings. The third-order valence-corrected chi connectivity index (χ3v) is 4.24. The van der Waals surface area contributed by atoms with E-state index in [0.717, 1.165) is 21.5 Å². The number of nitrogens with one attached hydrogen (secondary N) is 1. The molecule has 0 heterocycles. The summed E-state index contributed by atoms with van der Waals surface area (Å²) >= 11 is 5.72. The van der Waals surface area contributed by atoms with Crippen LogP contribution in [0.2, 0.25) is 0 Å². The number of aliphatic hydroxyl groups excluding tert-OH is 1. The largest absolute Gasteiger partial charge is 0.490 e. The fourth-order valence-electron chi connectivity index (χ4n) is 1.77. The van der Waals surface area contributed by atoms with E-state index in [2.05, 4.69) is 43.8 Å². The van der Waals surface area contributed by atoms with E-state index in [4.69, 9.17) is 4.74 Å². The number of hydrogen-bond acceptors (Lipinski definition) is 3. The van der Waals surface area contributed by atoms with Crippen LogP contribution in [-0.2, 0) is 0 Å². The van der Waals surface area contributed by atoms with Gasteiger partial charge < -0.3 is 15.2 Å². The lowest BCUT2D eigenvalue weighted by Crippen LogP contribution is -2.26. The Morgan fingerprint density at radius 3 is 2.62 bits per heavy atom. The van der Waals surface area contributed by atoms with Crippen molar-refractivity contribution in [2.24, 2.45) is 0 Å². The zero-order valence-corrected chi connectivity index (χ0v) is 15.4. The fourth-order valence-corrected chi connectivity index (χ4v) is 2.74. The highest BCUT2D eigenvalue weighted by molar-refractivity contribution is 14.1. The van der Waals surface area contributed by atoms with Crippen molar-refractivity contribution < 1.29 is 9.84 Å². The number of hydrogen-bond donors (Lipinski definition) is 2. The second-order valence-electron chi connectivity index (χ2n) is 4.79. The maximum atomic E-state index is 9.97. The van der Waals surface area contributed by atoms with Crippen LogP contribution < -0.4 is 10.1 Å². The van der Waals surface area contributed by atoms with Gasteiger partial charge in [0.05, 0.1) is 4.47 Å². The molecule has 0 aliphatic heterocycles. The van der Waals surface area contributed by atoms with Crippen molar-refractivity contribution in [1.29, 1.82) is 0 Å². The number of halogens is 2. The molecule has 2 rings (SSSR count). The van der Waals surface area contributed by atoms with Crippen molar-refractivity contribution in [1.82, 2.24) is 0 Å². The van der Waals surface area contributed by atoms with E-state index < -0.39 is 6.10 Å². The van der Waals surface area contributed by atoms with Crippen molar-refractivity contribution in [3.8, 4) is 5.75 Å². The van der Waals surface area contributed by atoms with Gasteiger partial charge in [-0.2, -0.15) is 0 Å². The number of anilines is 1. The first kappa shape index (κ1) is 16.6. The van der Waals surface area contributed by atoms with Gasteiger partial charge in [-0.15, -0.1) is 0 Å². The zero-order chi connectivity index (χ0) is 15.2. The molecule has 0 saturated carbocycles. The van der Waals surface area contributed by atoms with Gasteiger partial charge in [-0.1, -0.05) is 6.07 Å². The molecule has 0 aliphatic rings. The molecule has 0 aromatic heterocycles. The van der Waals surface area contributed by atoms with Crippen LogP contribution in [0.25, 0.3) is 0 Å². The molecule has 0 spiro atoms. The summed E-state index contributed by atoms with van der Waals surface area (Å²) in [5.74, 6) is 0.744. The van der Waals surface area contributed by atoms with E-state index in [-0.39, 0.29) is 6.61 Å². The average molecular weight is 462 g/mol. The monoisotopic (exact) mass is 461 g/mol. The molecule has 3 nitrogen and oxygen atoms in total. The Morgan fingerprint density at radius 1 is 1.24 bits per heavy atom. The van der Waals surface area contributed by atoms with Crippen molar-refractivity contribution in [2.45, 2.75) is 13.0 Å². The third-order valence-electron chi connectivity index (χ3n) is 2.90. The zero-order valence-electron chi connectivity index (χ0n) is 11.6. The Labute approximate surface area is 147 Å². The van der Waals surface area contributed by atoms with Gasteiger partial charge in [0.1, 0.15) is 18.5 Å². The van der Waals surface area contributed by atoms with Gasteiger partial charge in [0.15, 0.2) is 0 Å². The number of aryl methyl sites for hydroxylation is 1. The van der Waals surface area contributed by atoms with Gasteiger partial charge in [0, 0.05) is 15.8 Å². The summed E-state index contributed by atoms with van der Waals surface area (Å²) in [5, 5.41) is 13.2. The molecule has 0 bridgehead atoms. The minimum absolute atomic E-state index is 0.249. The molecular formula is C16H17BrINO2. The summed E-state index contributed by atoms with van der Waals surface area (Å²) < 4.78 is 7.71. The Bertz CT molecular complexity index is 589. The van der Waals surface area contributed by atoms with Gasteiger partial charge in [0.25, 0.3) is 0 Å². The normalized spacial score (nSPS) is 12.0. The minimum Gasteiger partial charge on any atom is -0.490 e. The van der Waals surface area contributed by atoms with Crippen molar-refractivity contribution in [3.63, 3.8) is 0 Å². The van der Waals surface area contributed by atoms with Crippen molar-refractivity contribution >= 4 is 44.2 Å². The molecule has 1 unspecified atom stereocenters. The van der Waals surface area contributed by atoms with Gasteiger partial charge in [-0.3, -0.25) is 0 Å². The van der Waals surface area contributed by atoms with Gasteiger partial charge in [-0.05, 0) is 87.4 Å². The SMILES string of the molecule is Cc1ccc(OCC(O)CNc2ccc(I)cc2)c(Br)c1. The minimum atomic E-state index is -0.572. The Balaban J connectivity index is 1.79.